The summed E-state index contributed by atoms with van der Waals surface area (Å²) in [7, 11) is 4.99. The quantitative estimate of drug-likeness (QED) is 0.605. The van der Waals surface area contributed by atoms with Gasteiger partial charge in [-0.2, -0.15) is 0 Å². The first-order chi connectivity index (χ1) is 15.4. The molecular formula is C22H29N3O7. The molecule has 0 bridgehead atoms. The van der Waals surface area contributed by atoms with Crippen LogP contribution in [-0.2, 0) is 22.7 Å². The highest BCUT2D eigenvalue weighted by Crippen LogP contribution is 2.35. The highest BCUT2D eigenvalue weighted by atomic mass is 16.5. The van der Waals surface area contributed by atoms with Crippen molar-refractivity contribution in [2.24, 2.45) is 0 Å². The summed E-state index contributed by atoms with van der Waals surface area (Å²) >= 11 is 0. The Morgan fingerprint density at radius 2 is 1.28 bits per heavy atom. The fourth-order valence-electron chi connectivity index (χ4n) is 3.31. The van der Waals surface area contributed by atoms with E-state index in [2.05, 4.69) is 26.9 Å². The van der Waals surface area contributed by atoms with Gasteiger partial charge in [0.25, 0.3) is 0 Å². The number of hydrogen-bond donors (Lipinski definition) is 2. The molecule has 3 rings (SSSR count). The van der Waals surface area contributed by atoms with Gasteiger partial charge in [0.1, 0.15) is 5.75 Å². The molecule has 10 heteroatoms. The summed E-state index contributed by atoms with van der Waals surface area (Å²) in [6.07, 6.45) is 3.71. The van der Waals surface area contributed by atoms with E-state index in [0.29, 0.717) is 5.75 Å². The molecule has 1 aliphatic heterocycles. The van der Waals surface area contributed by atoms with Gasteiger partial charge in [-0.25, -0.2) is 9.59 Å². The SMILES string of the molecule is COc1cc(OC)c(OC)cc1CN1CCN(Cc2ccncc2)CC1.O=C(O)C(=O)O. The summed E-state index contributed by atoms with van der Waals surface area (Å²) in [4.78, 5) is 27.2. The van der Waals surface area contributed by atoms with Crippen molar-refractivity contribution in [1.82, 2.24) is 14.8 Å². The maximum Gasteiger partial charge on any atom is 0.414 e. The lowest BCUT2D eigenvalue weighted by Gasteiger charge is -2.35. The number of aromatic nitrogens is 1. The molecule has 1 aromatic carbocycles. The summed E-state index contributed by atoms with van der Waals surface area (Å²) in [5, 5.41) is 14.8. The maximum atomic E-state index is 9.10. The fraction of sp³-hybridized carbons (Fsp3) is 0.409. The van der Waals surface area contributed by atoms with Gasteiger partial charge in [-0.15, -0.1) is 0 Å². The fourth-order valence-corrected chi connectivity index (χ4v) is 3.31. The van der Waals surface area contributed by atoms with Crippen molar-refractivity contribution in [3.05, 3.63) is 47.8 Å². The molecule has 1 aromatic heterocycles. The molecule has 1 aliphatic rings. The summed E-state index contributed by atoms with van der Waals surface area (Å²) in [5.41, 5.74) is 2.43. The van der Waals surface area contributed by atoms with Crippen LogP contribution in [0.25, 0.3) is 0 Å². The zero-order valence-electron chi connectivity index (χ0n) is 18.5. The molecule has 1 saturated heterocycles. The third kappa shape index (κ3) is 7.40. The number of carboxylic acid groups (broad SMARTS) is 2. The van der Waals surface area contributed by atoms with Gasteiger partial charge in [-0.1, -0.05) is 0 Å². The third-order valence-electron chi connectivity index (χ3n) is 4.98. The molecule has 0 spiro atoms. The Hall–Kier alpha value is -3.37. The van der Waals surface area contributed by atoms with Crippen molar-refractivity contribution in [3.63, 3.8) is 0 Å². The van der Waals surface area contributed by atoms with Gasteiger partial charge in [0.05, 0.1) is 21.3 Å². The lowest BCUT2D eigenvalue weighted by molar-refractivity contribution is -0.159. The molecule has 0 atom stereocenters. The van der Waals surface area contributed by atoms with Crippen LogP contribution in [-0.4, -0.2) is 84.4 Å². The number of rotatable bonds is 7. The van der Waals surface area contributed by atoms with Crippen molar-refractivity contribution in [1.29, 1.82) is 0 Å². The van der Waals surface area contributed by atoms with Gasteiger partial charge < -0.3 is 24.4 Å². The van der Waals surface area contributed by atoms with Crippen LogP contribution in [0.15, 0.2) is 36.7 Å². The molecule has 174 valence electrons. The van der Waals surface area contributed by atoms with Crippen LogP contribution >= 0.6 is 0 Å². The number of methoxy groups -OCH3 is 3. The summed E-state index contributed by atoms with van der Waals surface area (Å²) in [6.45, 7) is 5.99. The Balaban J connectivity index is 0.000000534. The van der Waals surface area contributed by atoms with E-state index in [1.54, 1.807) is 21.3 Å². The van der Waals surface area contributed by atoms with E-state index in [9.17, 15) is 0 Å². The van der Waals surface area contributed by atoms with Crippen LogP contribution in [0.5, 0.6) is 17.2 Å². The summed E-state index contributed by atoms with van der Waals surface area (Å²) < 4.78 is 16.4. The third-order valence-corrected chi connectivity index (χ3v) is 4.98. The number of hydrogen-bond acceptors (Lipinski definition) is 8. The van der Waals surface area contributed by atoms with Crippen LogP contribution in [0.2, 0.25) is 0 Å². The Bertz CT molecular complexity index is 873. The highest BCUT2D eigenvalue weighted by molar-refractivity contribution is 6.27. The molecule has 2 heterocycles. The standard InChI is InChI=1S/C20H27N3O3.C2H2O4/c1-24-18-13-20(26-3)19(25-2)12-17(18)15-23-10-8-22(9-11-23)14-16-4-6-21-7-5-16;3-1(4)2(5)6/h4-7,12-13H,8-11,14-15H2,1-3H3;(H,3,4)(H,5,6). The van der Waals surface area contributed by atoms with E-state index < -0.39 is 11.9 Å². The Morgan fingerprint density at radius 1 is 0.812 bits per heavy atom. The van der Waals surface area contributed by atoms with Crippen molar-refractivity contribution >= 4 is 11.9 Å². The molecule has 2 aromatic rings. The number of carboxylic acids is 2. The molecule has 0 aliphatic carbocycles. The molecule has 0 amide bonds. The minimum atomic E-state index is -1.82. The molecule has 0 saturated carbocycles. The van der Waals surface area contributed by atoms with Gasteiger partial charge in [0.2, 0.25) is 0 Å². The molecule has 10 nitrogen and oxygen atoms in total. The van der Waals surface area contributed by atoms with Gasteiger partial charge >= 0.3 is 11.9 Å². The smallest absolute Gasteiger partial charge is 0.414 e. The molecule has 32 heavy (non-hydrogen) atoms. The van der Waals surface area contributed by atoms with Crippen molar-refractivity contribution in [2.45, 2.75) is 13.1 Å². The molecule has 1 fully saturated rings. The number of nitrogens with zero attached hydrogens (tertiary/aromatic N) is 3. The first-order valence-corrected chi connectivity index (χ1v) is 9.96. The Labute approximate surface area is 186 Å². The van der Waals surface area contributed by atoms with Gasteiger partial charge in [0.15, 0.2) is 11.5 Å². The molecule has 2 N–H and O–H groups in total. The van der Waals surface area contributed by atoms with E-state index in [1.165, 1.54) is 5.56 Å². The maximum absolute atomic E-state index is 9.10. The minimum absolute atomic E-state index is 0.690. The lowest BCUT2D eigenvalue weighted by atomic mass is 10.1. The Kier molecular flexibility index (Phi) is 9.71. The predicted molar refractivity (Wildman–Crippen MR) is 116 cm³/mol. The largest absolute Gasteiger partial charge is 0.496 e. The average molecular weight is 447 g/mol. The number of pyridine rings is 1. The van der Waals surface area contributed by atoms with Crippen molar-refractivity contribution < 1.29 is 34.0 Å². The van der Waals surface area contributed by atoms with Gasteiger partial charge in [-0.3, -0.25) is 14.8 Å². The number of aliphatic carboxylic acids is 2. The number of carbonyl (C=O) groups is 2. The second-order valence-electron chi connectivity index (χ2n) is 7.04. The Morgan fingerprint density at radius 3 is 1.75 bits per heavy atom. The van der Waals surface area contributed by atoms with E-state index in [1.807, 2.05) is 24.5 Å². The van der Waals surface area contributed by atoms with Crippen LogP contribution in [0.3, 0.4) is 0 Å². The zero-order chi connectivity index (χ0) is 23.5. The van der Waals surface area contributed by atoms with Crippen molar-refractivity contribution in [3.8, 4) is 17.2 Å². The number of benzene rings is 1. The lowest BCUT2D eigenvalue weighted by Crippen LogP contribution is -2.45. The highest BCUT2D eigenvalue weighted by Gasteiger charge is 2.20. The predicted octanol–water partition coefficient (Wildman–Crippen LogP) is 1.58. The van der Waals surface area contributed by atoms with Crippen molar-refractivity contribution in [2.75, 3.05) is 47.5 Å². The first-order valence-electron chi connectivity index (χ1n) is 9.96. The molecular weight excluding hydrogens is 418 g/mol. The average Bonchev–Trinajstić information content (AvgIpc) is 2.81. The van der Waals surface area contributed by atoms with Crippen LogP contribution in [0, 0.1) is 0 Å². The second kappa shape index (κ2) is 12.5. The van der Waals surface area contributed by atoms with Crippen LogP contribution < -0.4 is 14.2 Å². The topological polar surface area (TPSA) is 122 Å². The van der Waals surface area contributed by atoms with E-state index in [4.69, 9.17) is 34.0 Å². The normalized spacial score (nSPS) is 14.1. The second-order valence-corrected chi connectivity index (χ2v) is 7.04. The van der Waals surface area contributed by atoms with Crippen LogP contribution in [0.4, 0.5) is 0 Å². The molecule has 0 unspecified atom stereocenters. The zero-order valence-corrected chi connectivity index (χ0v) is 18.5. The van der Waals surface area contributed by atoms with E-state index in [0.717, 1.165) is 56.3 Å². The van der Waals surface area contributed by atoms with E-state index >= 15 is 0 Å². The van der Waals surface area contributed by atoms with E-state index in [-0.39, 0.29) is 0 Å². The monoisotopic (exact) mass is 447 g/mol. The van der Waals surface area contributed by atoms with Gasteiger partial charge in [-0.05, 0) is 23.8 Å². The summed E-state index contributed by atoms with van der Waals surface area (Å²) in [5.74, 6) is -1.39. The first kappa shape index (κ1) is 24.9. The summed E-state index contributed by atoms with van der Waals surface area (Å²) in [6, 6.07) is 8.08. The van der Waals surface area contributed by atoms with Gasteiger partial charge in [0, 0.05) is 63.3 Å². The number of piperazine rings is 1. The number of ether oxygens (including phenoxy) is 3. The van der Waals surface area contributed by atoms with Crippen LogP contribution in [0.1, 0.15) is 11.1 Å². The molecule has 0 radical (unpaired) electrons. The minimum Gasteiger partial charge on any atom is -0.496 e.